The zero-order chi connectivity index (χ0) is 26.0. The van der Waals surface area contributed by atoms with E-state index in [1.54, 1.807) is 26.4 Å². The standard InChI is InChI=1S/C24H21Cl2FN8O/c1-33(2)22(36)13-35-12-16(31-32-35)11-34(3)17-7-18-23(30-15-4-5-21(27)19(25)6-15)14(9-28)10-29-24(18)20(26)8-17/h4-8,10,12H,11,13H2,1-3H3,(H,29,30). The van der Waals surface area contributed by atoms with Gasteiger partial charge >= 0.3 is 0 Å². The maximum Gasteiger partial charge on any atom is 0.243 e. The first kappa shape index (κ1) is 25.2. The Bertz CT molecular complexity index is 1500. The Morgan fingerprint density at radius 2 is 1.97 bits per heavy atom. The largest absolute Gasteiger partial charge is 0.368 e. The molecule has 0 unspecified atom stereocenters. The fraction of sp³-hybridized carbons (Fsp3) is 0.208. The Kier molecular flexibility index (Phi) is 7.24. The van der Waals surface area contributed by atoms with E-state index in [4.69, 9.17) is 23.2 Å². The summed E-state index contributed by atoms with van der Waals surface area (Å²) in [6.07, 6.45) is 3.14. The average molecular weight is 527 g/mol. The van der Waals surface area contributed by atoms with Gasteiger partial charge in [0.25, 0.3) is 0 Å². The molecule has 0 aliphatic rings. The van der Waals surface area contributed by atoms with Crippen LogP contribution in [0.4, 0.5) is 21.5 Å². The lowest BCUT2D eigenvalue weighted by Gasteiger charge is -2.20. The summed E-state index contributed by atoms with van der Waals surface area (Å²) in [6.45, 7) is 0.482. The summed E-state index contributed by atoms with van der Waals surface area (Å²) >= 11 is 12.5. The zero-order valence-electron chi connectivity index (χ0n) is 19.6. The number of rotatable bonds is 7. The van der Waals surface area contributed by atoms with Crippen LogP contribution in [0.3, 0.4) is 0 Å². The molecule has 4 aromatic rings. The molecule has 0 atom stereocenters. The van der Waals surface area contributed by atoms with Crippen LogP contribution in [0.5, 0.6) is 0 Å². The second-order valence-corrected chi connectivity index (χ2v) is 9.10. The van der Waals surface area contributed by atoms with Crippen molar-refractivity contribution < 1.29 is 9.18 Å². The number of likely N-dealkylation sites (N-methyl/N-ethyl adjacent to an activating group) is 1. The van der Waals surface area contributed by atoms with Crippen LogP contribution < -0.4 is 10.2 Å². The van der Waals surface area contributed by atoms with Crippen LogP contribution in [0.1, 0.15) is 11.3 Å². The van der Waals surface area contributed by atoms with E-state index in [1.165, 1.54) is 34.0 Å². The summed E-state index contributed by atoms with van der Waals surface area (Å²) in [6, 6.07) is 9.95. The fourth-order valence-electron chi connectivity index (χ4n) is 3.51. The Balaban J connectivity index is 1.67. The van der Waals surface area contributed by atoms with Crippen LogP contribution in [0.25, 0.3) is 10.9 Å². The number of carbonyl (C=O) groups excluding carboxylic acids is 1. The van der Waals surface area contributed by atoms with Crippen LogP contribution >= 0.6 is 23.2 Å². The second-order valence-electron chi connectivity index (χ2n) is 8.29. The van der Waals surface area contributed by atoms with E-state index >= 15 is 0 Å². The highest BCUT2D eigenvalue weighted by molar-refractivity contribution is 6.36. The van der Waals surface area contributed by atoms with Gasteiger partial charge in [-0.1, -0.05) is 28.4 Å². The Morgan fingerprint density at radius 3 is 2.67 bits per heavy atom. The number of nitrogens with one attached hydrogen (secondary N) is 1. The summed E-state index contributed by atoms with van der Waals surface area (Å²) in [4.78, 5) is 19.7. The summed E-state index contributed by atoms with van der Waals surface area (Å²) in [5.74, 6) is -0.637. The SMILES string of the molecule is CN(C)C(=O)Cn1cc(CN(C)c2cc(Cl)c3ncc(C#N)c(Nc4ccc(F)c(Cl)c4)c3c2)nn1. The smallest absolute Gasteiger partial charge is 0.243 e. The summed E-state index contributed by atoms with van der Waals surface area (Å²) in [5.41, 5.74) is 3.15. The summed E-state index contributed by atoms with van der Waals surface area (Å²) in [7, 11) is 5.21. The van der Waals surface area contributed by atoms with Crippen LogP contribution in [0.2, 0.25) is 10.0 Å². The number of hydrogen-bond donors (Lipinski definition) is 1. The van der Waals surface area contributed by atoms with Crippen molar-refractivity contribution >= 4 is 57.1 Å². The van der Waals surface area contributed by atoms with Crippen molar-refractivity contribution in [1.29, 1.82) is 5.26 Å². The van der Waals surface area contributed by atoms with E-state index < -0.39 is 5.82 Å². The molecule has 0 aliphatic carbocycles. The highest BCUT2D eigenvalue weighted by atomic mass is 35.5. The van der Waals surface area contributed by atoms with E-state index in [1.807, 2.05) is 18.0 Å². The van der Waals surface area contributed by atoms with Gasteiger partial charge in [-0.3, -0.25) is 9.78 Å². The number of amides is 1. The van der Waals surface area contributed by atoms with Gasteiger partial charge < -0.3 is 15.1 Å². The van der Waals surface area contributed by atoms with Gasteiger partial charge in [0.2, 0.25) is 5.91 Å². The lowest BCUT2D eigenvalue weighted by Crippen LogP contribution is -2.26. The van der Waals surface area contributed by atoms with Gasteiger partial charge in [-0.25, -0.2) is 9.07 Å². The van der Waals surface area contributed by atoms with Gasteiger partial charge in [0.15, 0.2) is 0 Å². The molecule has 0 aliphatic heterocycles. The first-order valence-corrected chi connectivity index (χ1v) is 11.5. The number of anilines is 3. The minimum Gasteiger partial charge on any atom is -0.368 e. The number of fused-ring (bicyclic) bond motifs is 1. The zero-order valence-corrected chi connectivity index (χ0v) is 21.1. The third-order valence-corrected chi connectivity index (χ3v) is 6.02. The molecule has 184 valence electrons. The van der Waals surface area contributed by atoms with Crippen molar-refractivity contribution in [2.75, 3.05) is 31.4 Å². The van der Waals surface area contributed by atoms with E-state index in [9.17, 15) is 14.4 Å². The van der Waals surface area contributed by atoms with Crippen molar-refractivity contribution in [2.24, 2.45) is 0 Å². The van der Waals surface area contributed by atoms with Crippen molar-refractivity contribution in [3.63, 3.8) is 0 Å². The minimum absolute atomic E-state index is 0.0457. The second kappa shape index (κ2) is 10.4. The molecule has 0 saturated heterocycles. The number of benzene rings is 2. The predicted molar refractivity (Wildman–Crippen MR) is 137 cm³/mol. The van der Waals surface area contributed by atoms with E-state index in [-0.39, 0.29) is 23.0 Å². The molecule has 0 bridgehead atoms. The Labute approximate surface area is 216 Å². The topological polar surface area (TPSA) is 103 Å². The molecule has 2 heterocycles. The molecular weight excluding hydrogens is 506 g/mol. The average Bonchev–Trinajstić information content (AvgIpc) is 3.28. The van der Waals surface area contributed by atoms with Crippen LogP contribution in [-0.2, 0) is 17.9 Å². The number of aromatic nitrogens is 4. The molecular formula is C24H21Cl2FN8O. The van der Waals surface area contributed by atoms with Gasteiger partial charge in [-0.2, -0.15) is 5.26 Å². The van der Waals surface area contributed by atoms with Gasteiger partial charge in [0.1, 0.15) is 24.1 Å². The van der Waals surface area contributed by atoms with Gasteiger partial charge in [0.05, 0.1) is 39.6 Å². The van der Waals surface area contributed by atoms with E-state index in [0.29, 0.717) is 39.5 Å². The first-order chi connectivity index (χ1) is 17.2. The number of hydrogen-bond acceptors (Lipinski definition) is 7. The lowest BCUT2D eigenvalue weighted by molar-refractivity contribution is -0.129. The molecule has 9 nitrogen and oxygen atoms in total. The molecule has 0 fully saturated rings. The Morgan fingerprint density at radius 1 is 1.19 bits per heavy atom. The van der Waals surface area contributed by atoms with Gasteiger partial charge in [-0.05, 0) is 30.3 Å². The van der Waals surface area contributed by atoms with Crippen molar-refractivity contribution in [3.05, 3.63) is 69.8 Å². The van der Waals surface area contributed by atoms with E-state index in [2.05, 4.69) is 26.7 Å². The molecule has 2 aromatic carbocycles. The maximum absolute atomic E-state index is 13.6. The molecule has 0 saturated carbocycles. The number of carbonyl (C=O) groups is 1. The number of nitrogens with zero attached hydrogens (tertiary/aromatic N) is 7. The van der Waals surface area contributed by atoms with Crippen molar-refractivity contribution in [3.8, 4) is 6.07 Å². The number of nitriles is 1. The van der Waals surface area contributed by atoms with Gasteiger partial charge in [-0.15, -0.1) is 5.10 Å². The predicted octanol–water partition coefficient (Wildman–Crippen LogP) is 4.61. The van der Waals surface area contributed by atoms with Crippen LogP contribution in [0.15, 0.2) is 42.7 Å². The molecule has 0 radical (unpaired) electrons. The van der Waals surface area contributed by atoms with Crippen molar-refractivity contribution in [1.82, 2.24) is 24.9 Å². The van der Waals surface area contributed by atoms with Gasteiger partial charge in [0, 0.05) is 44.1 Å². The number of halogens is 3. The molecule has 12 heteroatoms. The summed E-state index contributed by atoms with van der Waals surface area (Å²) in [5, 5.41) is 22.0. The highest BCUT2D eigenvalue weighted by Crippen LogP contribution is 2.36. The molecule has 36 heavy (non-hydrogen) atoms. The molecule has 1 amide bonds. The monoisotopic (exact) mass is 526 g/mol. The van der Waals surface area contributed by atoms with Crippen molar-refractivity contribution in [2.45, 2.75) is 13.1 Å². The van der Waals surface area contributed by atoms with Crippen LogP contribution in [0, 0.1) is 17.1 Å². The normalized spacial score (nSPS) is 10.8. The molecule has 1 N–H and O–H groups in total. The highest BCUT2D eigenvalue weighted by Gasteiger charge is 2.16. The third kappa shape index (κ3) is 5.32. The summed E-state index contributed by atoms with van der Waals surface area (Å²) < 4.78 is 15.1. The van der Waals surface area contributed by atoms with E-state index in [0.717, 1.165) is 5.69 Å². The first-order valence-electron chi connectivity index (χ1n) is 10.7. The number of pyridine rings is 1. The van der Waals surface area contributed by atoms with Crippen LogP contribution in [-0.4, -0.2) is 51.9 Å². The Hall–Kier alpha value is -3.94. The third-order valence-electron chi connectivity index (χ3n) is 5.44. The maximum atomic E-state index is 13.6. The molecule has 0 spiro atoms. The quantitative estimate of drug-likeness (QED) is 0.374. The lowest BCUT2D eigenvalue weighted by atomic mass is 10.1. The minimum atomic E-state index is -0.544. The fourth-order valence-corrected chi connectivity index (χ4v) is 3.95. The molecule has 2 aromatic heterocycles. The molecule has 4 rings (SSSR count).